The third kappa shape index (κ3) is 5.50. The van der Waals surface area contributed by atoms with Gasteiger partial charge in [-0.15, -0.1) is 0 Å². The van der Waals surface area contributed by atoms with Crippen molar-refractivity contribution in [2.45, 2.75) is 52.2 Å². The van der Waals surface area contributed by atoms with E-state index in [0.29, 0.717) is 13.2 Å². The van der Waals surface area contributed by atoms with E-state index in [4.69, 9.17) is 10.00 Å². The van der Waals surface area contributed by atoms with E-state index in [1.54, 1.807) is 0 Å². The summed E-state index contributed by atoms with van der Waals surface area (Å²) < 4.78 is 7.49. The monoisotopic (exact) mass is 236 g/mol. The quantitative estimate of drug-likeness (QED) is 0.528. The lowest BCUT2D eigenvalue weighted by molar-refractivity contribution is -0.737. The second-order valence-corrected chi connectivity index (χ2v) is 4.07. The Hall–Kier alpha value is -1.34. The fraction of sp³-hybridized carbons (Fsp3) is 0.692. The molecule has 0 bridgehead atoms. The molecule has 1 heterocycles. The Bertz CT molecular complexity index is 341. The van der Waals surface area contributed by atoms with Gasteiger partial charge in [0.05, 0.1) is 6.07 Å². The van der Waals surface area contributed by atoms with E-state index in [-0.39, 0.29) is 0 Å². The Morgan fingerprint density at radius 2 is 2.18 bits per heavy atom. The summed E-state index contributed by atoms with van der Waals surface area (Å²) in [6, 6.07) is 2.18. The summed E-state index contributed by atoms with van der Waals surface area (Å²) in [5.74, 6) is 1.22. The molecular formula is C13H22N3O+. The molecule has 0 radical (unpaired) electrons. The maximum atomic E-state index is 8.42. The number of ether oxygens (including phenoxy) is 1. The first-order chi connectivity index (χ1) is 8.38. The lowest BCUT2D eigenvalue weighted by Crippen LogP contribution is -2.37. The van der Waals surface area contributed by atoms with Gasteiger partial charge in [-0.25, -0.2) is 9.55 Å². The molecule has 0 aliphatic rings. The van der Waals surface area contributed by atoms with Gasteiger partial charge in [0.1, 0.15) is 12.4 Å². The Labute approximate surface area is 103 Å². The van der Waals surface area contributed by atoms with Gasteiger partial charge >= 0.3 is 0 Å². The fourth-order valence-electron chi connectivity index (χ4n) is 1.77. The molecule has 1 rings (SSSR count). The van der Waals surface area contributed by atoms with Gasteiger partial charge in [-0.1, -0.05) is 12.8 Å². The summed E-state index contributed by atoms with van der Waals surface area (Å²) in [6.07, 6.45) is 10.2. The minimum atomic E-state index is 0.629. The van der Waals surface area contributed by atoms with Gasteiger partial charge in [0.2, 0.25) is 0 Å². The van der Waals surface area contributed by atoms with Gasteiger partial charge < -0.3 is 4.74 Å². The molecule has 0 spiro atoms. The van der Waals surface area contributed by atoms with E-state index in [1.165, 1.54) is 12.2 Å². The summed E-state index contributed by atoms with van der Waals surface area (Å²) in [5.41, 5.74) is 0. The van der Waals surface area contributed by atoms with E-state index in [1.807, 2.05) is 19.3 Å². The maximum absolute atomic E-state index is 8.42. The Morgan fingerprint density at radius 3 is 2.94 bits per heavy atom. The molecule has 0 saturated carbocycles. The van der Waals surface area contributed by atoms with Crippen LogP contribution >= 0.6 is 0 Å². The molecule has 0 unspecified atom stereocenters. The lowest BCUT2D eigenvalue weighted by atomic mass is 10.1. The third-order valence-electron chi connectivity index (χ3n) is 2.74. The number of rotatable bonds is 9. The highest BCUT2D eigenvalue weighted by Crippen LogP contribution is 2.05. The molecule has 0 amide bonds. The van der Waals surface area contributed by atoms with E-state index >= 15 is 0 Å². The first-order valence-electron chi connectivity index (χ1n) is 6.39. The van der Waals surface area contributed by atoms with E-state index in [2.05, 4.69) is 15.6 Å². The van der Waals surface area contributed by atoms with Crippen molar-refractivity contribution in [1.82, 2.24) is 4.98 Å². The molecule has 0 saturated heterocycles. The van der Waals surface area contributed by atoms with E-state index < -0.39 is 0 Å². The SMILES string of the molecule is CCOC[n+]1cc[nH]c1CCCCCCC#N. The molecule has 94 valence electrons. The van der Waals surface area contributed by atoms with Crippen molar-refractivity contribution in [2.24, 2.45) is 0 Å². The number of imidazole rings is 1. The number of aromatic nitrogens is 2. The van der Waals surface area contributed by atoms with Crippen LogP contribution in [-0.2, 0) is 17.9 Å². The smallest absolute Gasteiger partial charge is 0.256 e. The highest BCUT2D eigenvalue weighted by molar-refractivity contribution is 4.77. The molecule has 1 N–H and O–H groups in total. The van der Waals surface area contributed by atoms with Crippen LogP contribution in [0.25, 0.3) is 0 Å². The Balaban J connectivity index is 2.18. The van der Waals surface area contributed by atoms with E-state index in [0.717, 1.165) is 32.3 Å². The van der Waals surface area contributed by atoms with Crippen LogP contribution in [0.15, 0.2) is 12.4 Å². The van der Waals surface area contributed by atoms with Crippen LogP contribution in [0.2, 0.25) is 0 Å². The van der Waals surface area contributed by atoms with Crippen LogP contribution in [0.3, 0.4) is 0 Å². The number of unbranched alkanes of at least 4 members (excludes halogenated alkanes) is 4. The number of nitrogens with zero attached hydrogens (tertiary/aromatic N) is 2. The largest absolute Gasteiger partial charge is 0.342 e. The number of H-pyrrole nitrogens is 1. The van der Waals surface area contributed by atoms with Gasteiger partial charge in [0.25, 0.3) is 5.82 Å². The third-order valence-corrected chi connectivity index (χ3v) is 2.74. The average Bonchev–Trinajstić information content (AvgIpc) is 2.78. The lowest BCUT2D eigenvalue weighted by Gasteiger charge is -2.01. The highest BCUT2D eigenvalue weighted by Gasteiger charge is 2.09. The molecule has 4 heteroatoms. The maximum Gasteiger partial charge on any atom is 0.256 e. The summed E-state index contributed by atoms with van der Waals surface area (Å²) in [4.78, 5) is 3.25. The normalized spacial score (nSPS) is 10.4. The Morgan fingerprint density at radius 1 is 1.35 bits per heavy atom. The zero-order valence-electron chi connectivity index (χ0n) is 10.6. The summed E-state index contributed by atoms with van der Waals surface area (Å²) in [6.45, 7) is 3.37. The van der Waals surface area contributed by atoms with Crippen LogP contribution < -0.4 is 4.57 Å². The molecule has 1 aromatic heterocycles. The predicted molar refractivity (Wildman–Crippen MR) is 65.0 cm³/mol. The molecule has 0 atom stereocenters. The van der Waals surface area contributed by atoms with Crippen LogP contribution in [0.5, 0.6) is 0 Å². The molecular weight excluding hydrogens is 214 g/mol. The highest BCUT2D eigenvalue weighted by atomic mass is 16.5. The van der Waals surface area contributed by atoms with Crippen LogP contribution in [0, 0.1) is 11.3 Å². The van der Waals surface area contributed by atoms with Gasteiger partial charge in [-0.2, -0.15) is 5.26 Å². The van der Waals surface area contributed by atoms with Crippen LogP contribution in [0.1, 0.15) is 44.9 Å². The van der Waals surface area contributed by atoms with Crippen molar-refractivity contribution in [3.8, 4) is 6.07 Å². The second-order valence-electron chi connectivity index (χ2n) is 4.07. The minimum Gasteiger partial charge on any atom is -0.342 e. The van der Waals surface area contributed by atoms with Gasteiger partial charge in [-0.3, -0.25) is 0 Å². The molecule has 0 aliphatic heterocycles. The fourth-order valence-corrected chi connectivity index (χ4v) is 1.77. The standard InChI is InChI=1S/C13H21N3O/c1-2-17-12-16-11-10-15-13(16)8-6-4-3-5-7-9-14/h10-11H,2-8,12H2,1H3/p+1. The van der Waals surface area contributed by atoms with Crippen molar-refractivity contribution in [2.75, 3.05) is 6.61 Å². The van der Waals surface area contributed by atoms with E-state index in [9.17, 15) is 0 Å². The van der Waals surface area contributed by atoms with Crippen LogP contribution in [-0.4, -0.2) is 11.6 Å². The van der Waals surface area contributed by atoms with Crippen molar-refractivity contribution in [3.05, 3.63) is 18.2 Å². The molecule has 17 heavy (non-hydrogen) atoms. The van der Waals surface area contributed by atoms with Crippen molar-refractivity contribution in [1.29, 1.82) is 5.26 Å². The zero-order valence-corrected chi connectivity index (χ0v) is 10.6. The number of nitriles is 1. The molecule has 0 fully saturated rings. The van der Waals surface area contributed by atoms with Crippen molar-refractivity contribution in [3.63, 3.8) is 0 Å². The van der Waals surface area contributed by atoms with Crippen molar-refractivity contribution < 1.29 is 9.30 Å². The molecule has 0 aliphatic carbocycles. The minimum absolute atomic E-state index is 0.629. The predicted octanol–water partition coefficient (Wildman–Crippen LogP) is 2.31. The van der Waals surface area contributed by atoms with Crippen molar-refractivity contribution >= 4 is 0 Å². The summed E-state index contributed by atoms with van der Waals surface area (Å²) in [7, 11) is 0. The first kappa shape index (κ1) is 13.7. The number of hydrogen-bond acceptors (Lipinski definition) is 2. The van der Waals surface area contributed by atoms with Crippen LogP contribution in [0.4, 0.5) is 0 Å². The zero-order chi connectivity index (χ0) is 12.3. The average molecular weight is 236 g/mol. The number of aromatic amines is 1. The van der Waals surface area contributed by atoms with Gasteiger partial charge in [0, 0.05) is 19.4 Å². The number of hydrogen-bond donors (Lipinski definition) is 1. The summed E-state index contributed by atoms with van der Waals surface area (Å²) >= 11 is 0. The molecule has 1 aromatic rings. The number of aryl methyl sites for hydroxylation is 1. The second kappa shape index (κ2) is 8.77. The first-order valence-corrected chi connectivity index (χ1v) is 6.39. The number of nitrogens with one attached hydrogen (secondary N) is 1. The topological polar surface area (TPSA) is 52.7 Å². The molecule has 4 nitrogen and oxygen atoms in total. The van der Waals surface area contributed by atoms with Gasteiger partial charge in [0.15, 0.2) is 6.73 Å². The molecule has 0 aromatic carbocycles. The van der Waals surface area contributed by atoms with Gasteiger partial charge in [-0.05, 0) is 19.8 Å². The Kier molecular flexibility index (Phi) is 7.08. The summed E-state index contributed by atoms with van der Waals surface area (Å²) in [5, 5.41) is 8.42.